The molecule has 0 fully saturated rings. The second-order valence-corrected chi connectivity index (χ2v) is 5.34. The highest BCUT2D eigenvalue weighted by Gasteiger charge is 2.11. The van der Waals surface area contributed by atoms with E-state index in [1.807, 2.05) is 0 Å². The first-order valence-corrected chi connectivity index (χ1v) is 6.52. The molecule has 0 N–H and O–H groups in total. The minimum Gasteiger partial charge on any atom is -0.303 e. The minimum absolute atomic E-state index is 0.648. The van der Waals surface area contributed by atoms with Crippen LogP contribution in [-0.4, -0.2) is 9.38 Å². The van der Waals surface area contributed by atoms with Crippen molar-refractivity contribution in [2.75, 3.05) is 0 Å². The quantitative estimate of drug-likeness (QED) is 0.659. The van der Waals surface area contributed by atoms with Crippen molar-refractivity contribution in [3.05, 3.63) is 47.9 Å². The van der Waals surface area contributed by atoms with Crippen LogP contribution in [0.2, 0.25) is 0 Å². The summed E-state index contributed by atoms with van der Waals surface area (Å²) in [5, 5.41) is 2.49. The van der Waals surface area contributed by atoms with Gasteiger partial charge in [0.1, 0.15) is 5.65 Å². The third-order valence-electron chi connectivity index (χ3n) is 3.42. The highest BCUT2D eigenvalue weighted by Crippen LogP contribution is 2.23. The third kappa shape index (κ3) is 1.69. The molecule has 0 aliphatic carbocycles. The first-order chi connectivity index (χ1) is 8.66. The molecule has 2 aromatic heterocycles. The van der Waals surface area contributed by atoms with E-state index in [9.17, 15) is 0 Å². The predicted octanol–water partition coefficient (Wildman–Crippen LogP) is 3.99. The maximum absolute atomic E-state index is 4.76. The van der Waals surface area contributed by atoms with Gasteiger partial charge in [-0.15, -0.1) is 0 Å². The molecule has 3 rings (SSSR count). The lowest BCUT2D eigenvalue weighted by atomic mass is 10.1. The number of imidazole rings is 1. The number of aryl methyl sites for hydroxylation is 1. The molecule has 92 valence electrons. The molecule has 18 heavy (non-hydrogen) atoms. The van der Waals surface area contributed by atoms with E-state index >= 15 is 0 Å². The number of fused-ring (bicyclic) bond motifs is 3. The van der Waals surface area contributed by atoms with Crippen LogP contribution in [0.5, 0.6) is 0 Å². The van der Waals surface area contributed by atoms with E-state index in [0.29, 0.717) is 5.92 Å². The van der Waals surface area contributed by atoms with Crippen LogP contribution in [-0.2, 0) is 6.42 Å². The largest absolute Gasteiger partial charge is 0.303 e. The van der Waals surface area contributed by atoms with Gasteiger partial charge in [-0.25, -0.2) is 4.98 Å². The van der Waals surface area contributed by atoms with Gasteiger partial charge in [0.25, 0.3) is 0 Å². The van der Waals surface area contributed by atoms with Crippen molar-refractivity contribution >= 4 is 16.4 Å². The summed E-state index contributed by atoms with van der Waals surface area (Å²) in [6.07, 6.45) is 3.22. The fraction of sp³-hybridized carbons (Fsp3) is 0.312. The number of rotatable bonds is 2. The molecule has 0 aliphatic rings. The van der Waals surface area contributed by atoms with Gasteiger partial charge < -0.3 is 4.40 Å². The fourth-order valence-electron chi connectivity index (χ4n) is 2.56. The second kappa shape index (κ2) is 4.13. The zero-order chi connectivity index (χ0) is 12.7. The summed E-state index contributed by atoms with van der Waals surface area (Å²) >= 11 is 0. The van der Waals surface area contributed by atoms with E-state index in [0.717, 1.165) is 17.8 Å². The summed E-state index contributed by atoms with van der Waals surface area (Å²) in [6.45, 7) is 6.61. The Bertz CT molecular complexity index is 708. The normalized spacial score (nSPS) is 11.8. The summed E-state index contributed by atoms with van der Waals surface area (Å²) in [5.74, 6) is 0.648. The van der Waals surface area contributed by atoms with E-state index < -0.39 is 0 Å². The monoisotopic (exact) mass is 238 g/mol. The van der Waals surface area contributed by atoms with Gasteiger partial charge in [-0.05, 0) is 30.7 Å². The van der Waals surface area contributed by atoms with E-state index in [-0.39, 0.29) is 0 Å². The Morgan fingerprint density at radius 2 is 1.94 bits per heavy atom. The molecule has 0 radical (unpaired) electrons. The number of benzene rings is 1. The van der Waals surface area contributed by atoms with E-state index in [1.54, 1.807) is 0 Å². The molecule has 0 unspecified atom stereocenters. The van der Waals surface area contributed by atoms with E-state index in [1.165, 1.54) is 16.5 Å². The zero-order valence-electron chi connectivity index (χ0n) is 11.1. The third-order valence-corrected chi connectivity index (χ3v) is 3.42. The topological polar surface area (TPSA) is 17.3 Å². The van der Waals surface area contributed by atoms with E-state index in [4.69, 9.17) is 4.98 Å². The molecular formula is C16H18N2. The molecule has 2 heterocycles. The van der Waals surface area contributed by atoms with Crippen molar-refractivity contribution in [3.8, 4) is 0 Å². The van der Waals surface area contributed by atoms with E-state index in [2.05, 4.69) is 61.7 Å². The molecule has 0 amide bonds. The van der Waals surface area contributed by atoms with Gasteiger partial charge in [0, 0.05) is 17.3 Å². The first-order valence-electron chi connectivity index (χ1n) is 6.52. The van der Waals surface area contributed by atoms with Crippen LogP contribution in [0, 0.1) is 12.8 Å². The van der Waals surface area contributed by atoms with Gasteiger partial charge in [0.05, 0.1) is 5.69 Å². The van der Waals surface area contributed by atoms with Crippen LogP contribution in [0.1, 0.15) is 25.2 Å². The Kier molecular flexibility index (Phi) is 2.58. The Morgan fingerprint density at radius 1 is 1.17 bits per heavy atom. The highest BCUT2D eigenvalue weighted by molar-refractivity contribution is 5.94. The molecule has 0 saturated heterocycles. The lowest BCUT2D eigenvalue weighted by Crippen LogP contribution is -2.00. The van der Waals surface area contributed by atoms with Crippen molar-refractivity contribution in [2.24, 2.45) is 5.92 Å². The van der Waals surface area contributed by atoms with Crippen LogP contribution in [0.15, 0.2) is 36.5 Å². The number of nitrogens with zero attached hydrogens (tertiary/aromatic N) is 2. The van der Waals surface area contributed by atoms with Gasteiger partial charge in [-0.1, -0.05) is 38.1 Å². The molecule has 2 nitrogen and oxygen atoms in total. The molecule has 2 heteroatoms. The van der Waals surface area contributed by atoms with Crippen LogP contribution >= 0.6 is 0 Å². The zero-order valence-corrected chi connectivity index (χ0v) is 11.1. The molecule has 3 aromatic rings. The second-order valence-electron chi connectivity index (χ2n) is 5.34. The number of hydrogen-bond acceptors (Lipinski definition) is 1. The van der Waals surface area contributed by atoms with Gasteiger partial charge in [0.15, 0.2) is 0 Å². The Hall–Kier alpha value is -1.83. The van der Waals surface area contributed by atoms with Crippen molar-refractivity contribution in [1.82, 2.24) is 9.38 Å². The maximum Gasteiger partial charge on any atom is 0.145 e. The van der Waals surface area contributed by atoms with Crippen molar-refractivity contribution in [1.29, 1.82) is 0 Å². The summed E-state index contributed by atoms with van der Waals surface area (Å²) < 4.78 is 2.25. The molecule has 1 aromatic carbocycles. The standard InChI is InChI=1S/C16H18N2/c1-11(2)10-15-12(3)17-16-14-7-5-4-6-13(14)8-9-18(15)16/h4-9,11H,10H2,1-3H3. The fourth-order valence-corrected chi connectivity index (χ4v) is 2.56. The SMILES string of the molecule is Cc1nc2c3ccccc3ccn2c1CC(C)C. The van der Waals surface area contributed by atoms with Crippen molar-refractivity contribution < 1.29 is 0 Å². The summed E-state index contributed by atoms with van der Waals surface area (Å²) in [6, 6.07) is 10.6. The maximum atomic E-state index is 4.76. The predicted molar refractivity (Wildman–Crippen MR) is 76.0 cm³/mol. The number of hydrogen-bond donors (Lipinski definition) is 0. The molecule has 0 atom stereocenters. The van der Waals surface area contributed by atoms with Crippen LogP contribution < -0.4 is 0 Å². The van der Waals surface area contributed by atoms with Gasteiger partial charge >= 0.3 is 0 Å². The lowest BCUT2D eigenvalue weighted by molar-refractivity contribution is 0.629. The molecule has 0 spiro atoms. The molecular weight excluding hydrogens is 220 g/mol. The molecule has 0 bridgehead atoms. The number of aromatic nitrogens is 2. The minimum atomic E-state index is 0.648. The van der Waals surface area contributed by atoms with Crippen LogP contribution in [0.25, 0.3) is 16.4 Å². The number of pyridine rings is 1. The average Bonchev–Trinajstić information content (AvgIpc) is 2.66. The Labute approximate surface area is 107 Å². The van der Waals surface area contributed by atoms with Gasteiger partial charge in [-0.2, -0.15) is 0 Å². The van der Waals surface area contributed by atoms with Crippen LogP contribution in [0.4, 0.5) is 0 Å². The Balaban J connectivity index is 2.34. The van der Waals surface area contributed by atoms with Crippen molar-refractivity contribution in [3.63, 3.8) is 0 Å². The lowest BCUT2D eigenvalue weighted by Gasteiger charge is -2.07. The molecule has 0 saturated carbocycles. The highest BCUT2D eigenvalue weighted by atomic mass is 15.0. The molecule has 0 aliphatic heterocycles. The summed E-state index contributed by atoms with van der Waals surface area (Å²) in [7, 11) is 0. The summed E-state index contributed by atoms with van der Waals surface area (Å²) in [5.41, 5.74) is 3.58. The van der Waals surface area contributed by atoms with Crippen LogP contribution in [0.3, 0.4) is 0 Å². The summed E-state index contributed by atoms with van der Waals surface area (Å²) in [4.78, 5) is 4.76. The first kappa shape index (κ1) is 11.3. The van der Waals surface area contributed by atoms with Crippen molar-refractivity contribution in [2.45, 2.75) is 27.2 Å². The average molecular weight is 238 g/mol. The Morgan fingerprint density at radius 3 is 2.72 bits per heavy atom. The smallest absolute Gasteiger partial charge is 0.145 e. The van der Waals surface area contributed by atoms with Gasteiger partial charge in [-0.3, -0.25) is 0 Å². The van der Waals surface area contributed by atoms with Gasteiger partial charge in [0.2, 0.25) is 0 Å².